The first kappa shape index (κ1) is 21.8. The van der Waals surface area contributed by atoms with Gasteiger partial charge in [0.25, 0.3) is 11.6 Å². The van der Waals surface area contributed by atoms with Crippen LogP contribution in [0.3, 0.4) is 0 Å². The van der Waals surface area contributed by atoms with Gasteiger partial charge in [-0.2, -0.15) is 0 Å². The van der Waals surface area contributed by atoms with Crippen LogP contribution in [0.5, 0.6) is 17.2 Å². The fourth-order valence-corrected chi connectivity index (χ4v) is 3.05. The van der Waals surface area contributed by atoms with Crippen molar-refractivity contribution in [3.63, 3.8) is 0 Å². The molecule has 0 saturated heterocycles. The number of ether oxygens (including phenoxy) is 3. The number of hydrogen-bond acceptors (Lipinski definition) is 7. The molecule has 1 amide bonds. The first-order chi connectivity index (χ1) is 15.0. The molecule has 9 nitrogen and oxygen atoms in total. The number of carbonyl (C=O) groups excluding carboxylic acids is 1. The van der Waals surface area contributed by atoms with E-state index >= 15 is 0 Å². The van der Waals surface area contributed by atoms with Gasteiger partial charge in [0.2, 0.25) is 0 Å². The molecule has 0 spiro atoms. The predicted octanol–water partition coefficient (Wildman–Crippen LogP) is 3.75. The van der Waals surface area contributed by atoms with Crippen LogP contribution in [0.2, 0.25) is 0 Å². The van der Waals surface area contributed by atoms with E-state index in [9.17, 15) is 14.9 Å². The SMILES string of the molecule is CCOc1cc(C(=O)NCCCOc2cccc3cccnc23)c([N+](=O)[O-])cc1OC. The second-order valence-electron chi connectivity index (χ2n) is 6.50. The van der Waals surface area contributed by atoms with E-state index in [0.717, 1.165) is 10.9 Å². The summed E-state index contributed by atoms with van der Waals surface area (Å²) in [6, 6.07) is 12.0. The molecule has 0 bridgehead atoms. The average molecular weight is 425 g/mol. The van der Waals surface area contributed by atoms with Gasteiger partial charge in [0.05, 0.1) is 31.3 Å². The molecule has 0 radical (unpaired) electrons. The number of hydrogen-bond donors (Lipinski definition) is 1. The third kappa shape index (κ3) is 5.19. The second-order valence-corrected chi connectivity index (χ2v) is 6.50. The van der Waals surface area contributed by atoms with Gasteiger partial charge in [-0.1, -0.05) is 18.2 Å². The lowest BCUT2D eigenvalue weighted by Crippen LogP contribution is -2.26. The molecule has 3 aromatic rings. The third-order valence-corrected chi connectivity index (χ3v) is 4.48. The van der Waals surface area contributed by atoms with Crippen LogP contribution in [0.4, 0.5) is 5.69 Å². The Balaban J connectivity index is 1.61. The number of nitrogens with one attached hydrogen (secondary N) is 1. The van der Waals surface area contributed by atoms with Crippen LogP contribution >= 0.6 is 0 Å². The van der Waals surface area contributed by atoms with E-state index in [-0.39, 0.29) is 29.3 Å². The van der Waals surface area contributed by atoms with Gasteiger partial charge in [0.15, 0.2) is 11.5 Å². The maximum atomic E-state index is 12.6. The second kappa shape index (κ2) is 10.2. The quantitative estimate of drug-likeness (QED) is 0.299. The van der Waals surface area contributed by atoms with E-state index in [1.54, 1.807) is 13.1 Å². The monoisotopic (exact) mass is 425 g/mol. The lowest BCUT2D eigenvalue weighted by molar-refractivity contribution is -0.385. The zero-order valence-corrected chi connectivity index (χ0v) is 17.3. The lowest BCUT2D eigenvalue weighted by atomic mass is 10.1. The number of nitrogens with zero attached hydrogens (tertiary/aromatic N) is 2. The summed E-state index contributed by atoms with van der Waals surface area (Å²) < 4.78 is 16.3. The maximum absolute atomic E-state index is 12.6. The van der Waals surface area contributed by atoms with E-state index < -0.39 is 10.8 Å². The molecule has 31 heavy (non-hydrogen) atoms. The van der Waals surface area contributed by atoms with Crippen molar-refractivity contribution in [1.29, 1.82) is 0 Å². The number of nitro benzene ring substituents is 1. The summed E-state index contributed by atoms with van der Waals surface area (Å²) in [6.07, 6.45) is 2.21. The van der Waals surface area contributed by atoms with Crippen molar-refractivity contribution in [2.45, 2.75) is 13.3 Å². The first-order valence-corrected chi connectivity index (χ1v) is 9.79. The van der Waals surface area contributed by atoms with Crippen LogP contribution in [0, 0.1) is 10.1 Å². The Morgan fingerprint density at radius 2 is 1.94 bits per heavy atom. The number of pyridine rings is 1. The van der Waals surface area contributed by atoms with Crippen molar-refractivity contribution in [1.82, 2.24) is 10.3 Å². The number of para-hydroxylation sites is 1. The molecule has 1 aromatic heterocycles. The molecule has 3 rings (SSSR count). The number of benzene rings is 2. The summed E-state index contributed by atoms with van der Waals surface area (Å²) in [7, 11) is 1.38. The third-order valence-electron chi connectivity index (χ3n) is 4.48. The zero-order valence-electron chi connectivity index (χ0n) is 17.3. The zero-order chi connectivity index (χ0) is 22.2. The van der Waals surface area contributed by atoms with Crippen molar-refractivity contribution in [3.8, 4) is 17.2 Å². The average Bonchev–Trinajstić information content (AvgIpc) is 2.78. The number of carbonyl (C=O) groups is 1. The Morgan fingerprint density at radius 1 is 1.13 bits per heavy atom. The van der Waals surface area contributed by atoms with Gasteiger partial charge in [0.1, 0.15) is 16.8 Å². The van der Waals surface area contributed by atoms with Crippen molar-refractivity contribution in [3.05, 3.63) is 64.3 Å². The Bertz CT molecular complexity index is 1080. The van der Waals surface area contributed by atoms with E-state index in [1.807, 2.05) is 30.3 Å². The summed E-state index contributed by atoms with van der Waals surface area (Å²) >= 11 is 0. The standard InChI is InChI=1S/C22H23N3O6/c1-3-30-20-13-16(17(25(27)28)14-19(20)29-2)22(26)24-11-6-12-31-18-9-4-7-15-8-5-10-23-21(15)18/h4-5,7-10,13-14H,3,6,11-12H2,1-2H3,(H,24,26). The van der Waals surface area contributed by atoms with Crippen molar-refractivity contribution < 1.29 is 23.9 Å². The van der Waals surface area contributed by atoms with Gasteiger partial charge < -0.3 is 19.5 Å². The summed E-state index contributed by atoms with van der Waals surface area (Å²) in [5, 5.41) is 15.1. The molecule has 0 aliphatic heterocycles. The van der Waals surface area contributed by atoms with E-state index in [0.29, 0.717) is 25.4 Å². The van der Waals surface area contributed by atoms with Gasteiger partial charge in [-0.15, -0.1) is 0 Å². The normalized spacial score (nSPS) is 10.5. The molecule has 0 aliphatic carbocycles. The van der Waals surface area contributed by atoms with Crippen molar-refractivity contribution in [2.75, 3.05) is 26.9 Å². The number of fused-ring (bicyclic) bond motifs is 1. The van der Waals surface area contributed by atoms with Gasteiger partial charge in [-0.25, -0.2) is 0 Å². The summed E-state index contributed by atoms with van der Waals surface area (Å²) in [5.74, 6) is 0.563. The molecule has 9 heteroatoms. The van der Waals surface area contributed by atoms with E-state index in [2.05, 4.69) is 10.3 Å². The van der Waals surface area contributed by atoms with Gasteiger partial charge in [-0.3, -0.25) is 19.9 Å². The van der Waals surface area contributed by atoms with Crippen LogP contribution in [0.25, 0.3) is 10.9 Å². The molecule has 0 fully saturated rings. The molecule has 2 aromatic carbocycles. The molecule has 0 aliphatic rings. The largest absolute Gasteiger partial charge is 0.493 e. The molecule has 1 heterocycles. The fraction of sp³-hybridized carbons (Fsp3) is 0.273. The smallest absolute Gasteiger partial charge is 0.286 e. The highest BCUT2D eigenvalue weighted by Crippen LogP contribution is 2.34. The minimum atomic E-state index is -0.621. The van der Waals surface area contributed by atoms with Crippen molar-refractivity contribution >= 4 is 22.5 Å². The molecule has 162 valence electrons. The Morgan fingerprint density at radius 3 is 2.68 bits per heavy atom. The van der Waals surface area contributed by atoms with E-state index in [4.69, 9.17) is 14.2 Å². The Labute approximate surface area is 179 Å². The molecule has 1 N–H and O–H groups in total. The first-order valence-electron chi connectivity index (χ1n) is 9.79. The van der Waals surface area contributed by atoms with Gasteiger partial charge in [-0.05, 0) is 25.5 Å². The molecular weight excluding hydrogens is 402 g/mol. The van der Waals surface area contributed by atoms with Crippen LogP contribution < -0.4 is 19.5 Å². The minimum absolute atomic E-state index is 0.0894. The molecule has 0 unspecified atom stereocenters. The minimum Gasteiger partial charge on any atom is -0.493 e. The molecule has 0 atom stereocenters. The highest BCUT2D eigenvalue weighted by Gasteiger charge is 2.24. The number of aromatic nitrogens is 1. The number of nitro groups is 1. The summed E-state index contributed by atoms with van der Waals surface area (Å²) in [6.45, 7) is 2.73. The topological polar surface area (TPSA) is 113 Å². The molecule has 0 saturated carbocycles. The fourth-order valence-electron chi connectivity index (χ4n) is 3.05. The number of amides is 1. The van der Waals surface area contributed by atoms with Crippen LogP contribution in [-0.2, 0) is 0 Å². The summed E-state index contributed by atoms with van der Waals surface area (Å²) in [5.41, 5.74) is 0.329. The van der Waals surface area contributed by atoms with Gasteiger partial charge in [0, 0.05) is 24.2 Å². The van der Waals surface area contributed by atoms with Gasteiger partial charge >= 0.3 is 0 Å². The summed E-state index contributed by atoms with van der Waals surface area (Å²) in [4.78, 5) is 27.7. The maximum Gasteiger partial charge on any atom is 0.286 e. The van der Waals surface area contributed by atoms with Crippen molar-refractivity contribution in [2.24, 2.45) is 0 Å². The molecular formula is C22H23N3O6. The van der Waals surface area contributed by atoms with Crippen LogP contribution in [0.15, 0.2) is 48.7 Å². The Hall–Kier alpha value is -3.88. The van der Waals surface area contributed by atoms with Crippen LogP contribution in [-0.4, -0.2) is 42.7 Å². The number of methoxy groups -OCH3 is 1. The highest BCUT2D eigenvalue weighted by atomic mass is 16.6. The number of rotatable bonds is 10. The highest BCUT2D eigenvalue weighted by molar-refractivity contribution is 5.99. The predicted molar refractivity (Wildman–Crippen MR) is 115 cm³/mol. The van der Waals surface area contributed by atoms with E-state index in [1.165, 1.54) is 19.2 Å². The Kier molecular flexibility index (Phi) is 7.21. The van der Waals surface area contributed by atoms with Crippen LogP contribution in [0.1, 0.15) is 23.7 Å². The lowest BCUT2D eigenvalue weighted by Gasteiger charge is -2.12.